The highest BCUT2D eigenvalue weighted by Crippen LogP contribution is 2.23. The summed E-state index contributed by atoms with van der Waals surface area (Å²) in [6.07, 6.45) is 3.66. The zero-order valence-corrected chi connectivity index (χ0v) is 10.1. The lowest BCUT2D eigenvalue weighted by atomic mass is 10.2. The molecule has 1 heterocycles. The number of anilines is 1. The quantitative estimate of drug-likeness (QED) is 0.685. The first kappa shape index (κ1) is 13.4. The summed E-state index contributed by atoms with van der Waals surface area (Å²) in [4.78, 5) is 4.01. The van der Waals surface area contributed by atoms with E-state index in [-0.39, 0.29) is 12.6 Å². The molecule has 0 amide bonds. The van der Waals surface area contributed by atoms with Gasteiger partial charge >= 0.3 is 0 Å². The zero-order chi connectivity index (χ0) is 14.0. The van der Waals surface area contributed by atoms with E-state index in [4.69, 9.17) is 0 Å². The molecule has 1 aromatic carbocycles. The molecule has 0 bridgehead atoms. The van der Waals surface area contributed by atoms with Gasteiger partial charge in [-0.1, -0.05) is 0 Å². The molecule has 2 aromatic rings. The van der Waals surface area contributed by atoms with Crippen LogP contribution in [0.25, 0.3) is 0 Å². The SMILES string of the molecule is Cn1ccnc1CCNc1c(F)c(F)cc(F)c1F. The number of nitrogens with one attached hydrogen (secondary N) is 1. The summed E-state index contributed by atoms with van der Waals surface area (Å²) in [5, 5.41) is 2.35. The molecular formula is C12H11F4N3. The summed E-state index contributed by atoms with van der Waals surface area (Å²) >= 11 is 0. The maximum atomic E-state index is 13.3. The molecule has 1 N–H and O–H groups in total. The molecule has 0 atom stereocenters. The van der Waals surface area contributed by atoms with E-state index in [1.54, 1.807) is 24.0 Å². The van der Waals surface area contributed by atoms with Crippen molar-refractivity contribution in [3.63, 3.8) is 0 Å². The Morgan fingerprint density at radius 2 is 1.79 bits per heavy atom. The highest BCUT2D eigenvalue weighted by Gasteiger charge is 2.18. The Balaban J connectivity index is 2.10. The van der Waals surface area contributed by atoms with E-state index in [0.29, 0.717) is 12.2 Å². The number of hydrogen-bond donors (Lipinski definition) is 1. The fraction of sp³-hybridized carbons (Fsp3) is 0.250. The van der Waals surface area contributed by atoms with E-state index in [9.17, 15) is 17.6 Å². The molecular weight excluding hydrogens is 262 g/mol. The van der Waals surface area contributed by atoms with Crippen molar-refractivity contribution in [3.8, 4) is 0 Å². The van der Waals surface area contributed by atoms with Crippen molar-refractivity contribution in [1.82, 2.24) is 9.55 Å². The number of benzene rings is 1. The molecule has 0 aliphatic rings. The van der Waals surface area contributed by atoms with Gasteiger partial charge in [-0.25, -0.2) is 22.5 Å². The van der Waals surface area contributed by atoms with E-state index < -0.39 is 29.0 Å². The minimum atomic E-state index is -1.43. The number of rotatable bonds is 4. The second-order valence-corrected chi connectivity index (χ2v) is 3.97. The molecule has 19 heavy (non-hydrogen) atoms. The third-order valence-electron chi connectivity index (χ3n) is 2.68. The third-order valence-corrected chi connectivity index (χ3v) is 2.68. The van der Waals surface area contributed by atoms with Gasteiger partial charge in [-0.2, -0.15) is 0 Å². The summed E-state index contributed by atoms with van der Waals surface area (Å²) in [6.45, 7) is 0.0988. The summed E-state index contributed by atoms with van der Waals surface area (Å²) in [5.41, 5.74) is -0.799. The van der Waals surface area contributed by atoms with Crippen molar-refractivity contribution < 1.29 is 17.6 Å². The number of hydrogen-bond acceptors (Lipinski definition) is 2. The fourth-order valence-corrected chi connectivity index (χ4v) is 1.67. The highest BCUT2D eigenvalue weighted by molar-refractivity contribution is 5.47. The van der Waals surface area contributed by atoms with Gasteiger partial charge in [0.2, 0.25) is 0 Å². The number of aromatic nitrogens is 2. The molecule has 3 nitrogen and oxygen atoms in total. The number of halogens is 4. The van der Waals surface area contributed by atoms with Crippen molar-refractivity contribution in [2.45, 2.75) is 6.42 Å². The van der Waals surface area contributed by atoms with E-state index in [0.717, 1.165) is 0 Å². The van der Waals surface area contributed by atoms with Crippen molar-refractivity contribution in [3.05, 3.63) is 47.6 Å². The topological polar surface area (TPSA) is 29.9 Å². The van der Waals surface area contributed by atoms with Crippen LogP contribution < -0.4 is 5.32 Å². The Morgan fingerprint density at radius 1 is 1.16 bits per heavy atom. The van der Waals surface area contributed by atoms with Crippen LogP contribution in [0, 0.1) is 23.3 Å². The molecule has 2 rings (SSSR count). The molecule has 0 saturated carbocycles. The van der Waals surface area contributed by atoms with E-state index in [1.165, 1.54) is 0 Å². The summed E-state index contributed by atoms with van der Waals surface area (Å²) in [6, 6.07) is 0.175. The summed E-state index contributed by atoms with van der Waals surface area (Å²) < 4.78 is 54.3. The zero-order valence-electron chi connectivity index (χ0n) is 10.1. The Hall–Kier alpha value is -2.05. The lowest BCUT2D eigenvalue weighted by Gasteiger charge is -2.09. The van der Waals surface area contributed by atoms with Gasteiger partial charge in [-0.3, -0.25) is 0 Å². The molecule has 7 heteroatoms. The van der Waals surface area contributed by atoms with Crippen molar-refractivity contribution in [2.75, 3.05) is 11.9 Å². The van der Waals surface area contributed by atoms with E-state index >= 15 is 0 Å². The van der Waals surface area contributed by atoms with Gasteiger partial charge in [0.1, 0.15) is 11.5 Å². The summed E-state index contributed by atoms with van der Waals surface area (Å²) in [5.74, 6) is -5.04. The standard InChI is InChI=1S/C12H11F4N3/c1-19-5-4-17-9(19)2-3-18-12-10(15)7(13)6-8(14)11(12)16/h4-6,18H,2-3H2,1H3. The lowest BCUT2D eigenvalue weighted by molar-refractivity contribution is 0.458. The van der Waals surface area contributed by atoms with Crippen molar-refractivity contribution in [1.29, 1.82) is 0 Å². The van der Waals surface area contributed by atoms with Gasteiger partial charge in [0.05, 0.1) is 0 Å². The first-order valence-corrected chi connectivity index (χ1v) is 5.53. The molecule has 0 aliphatic heterocycles. The van der Waals surface area contributed by atoms with Crippen LogP contribution in [0.1, 0.15) is 5.82 Å². The Morgan fingerprint density at radius 3 is 2.32 bits per heavy atom. The predicted molar refractivity (Wildman–Crippen MR) is 61.7 cm³/mol. The molecule has 0 saturated heterocycles. The van der Waals surface area contributed by atoms with Gasteiger partial charge < -0.3 is 9.88 Å². The molecule has 0 spiro atoms. The van der Waals surface area contributed by atoms with Crippen LogP contribution in [0.3, 0.4) is 0 Å². The van der Waals surface area contributed by atoms with Crippen molar-refractivity contribution >= 4 is 5.69 Å². The van der Waals surface area contributed by atoms with Gasteiger partial charge in [0.15, 0.2) is 23.3 Å². The first-order valence-electron chi connectivity index (χ1n) is 5.53. The fourth-order valence-electron chi connectivity index (χ4n) is 1.67. The maximum absolute atomic E-state index is 13.3. The Kier molecular flexibility index (Phi) is 3.73. The van der Waals surface area contributed by atoms with Crippen LogP contribution in [0.5, 0.6) is 0 Å². The number of imidazole rings is 1. The van der Waals surface area contributed by atoms with Gasteiger partial charge in [0, 0.05) is 38.5 Å². The number of aryl methyl sites for hydroxylation is 1. The average Bonchev–Trinajstić information content (AvgIpc) is 2.77. The second kappa shape index (κ2) is 5.29. The molecule has 1 aromatic heterocycles. The van der Waals surface area contributed by atoms with E-state index in [2.05, 4.69) is 10.3 Å². The lowest BCUT2D eigenvalue weighted by Crippen LogP contribution is -2.12. The second-order valence-electron chi connectivity index (χ2n) is 3.97. The Labute approximate surface area is 106 Å². The molecule has 102 valence electrons. The van der Waals surface area contributed by atoms with Gasteiger partial charge in [0.25, 0.3) is 0 Å². The van der Waals surface area contributed by atoms with Gasteiger partial charge in [-0.15, -0.1) is 0 Å². The normalized spacial score (nSPS) is 10.8. The Bertz CT molecular complexity index is 569. The molecule has 0 fully saturated rings. The van der Waals surface area contributed by atoms with Crippen LogP contribution in [0.4, 0.5) is 23.2 Å². The van der Waals surface area contributed by atoms with Crippen LogP contribution in [0.2, 0.25) is 0 Å². The highest BCUT2D eigenvalue weighted by atomic mass is 19.2. The number of nitrogens with zero attached hydrogens (tertiary/aromatic N) is 2. The van der Waals surface area contributed by atoms with Gasteiger partial charge in [-0.05, 0) is 0 Å². The molecule has 0 aliphatic carbocycles. The predicted octanol–water partition coefficient (Wildman–Crippen LogP) is 2.63. The van der Waals surface area contributed by atoms with E-state index in [1.807, 2.05) is 0 Å². The van der Waals surface area contributed by atoms with Crippen LogP contribution in [-0.4, -0.2) is 16.1 Å². The minimum absolute atomic E-state index is 0.0988. The third kappa shape index (κ3) is 2.69. The van der Waals surface area contributed by atoms with Crippen LogP contribution >= 0.6 is 0 Å². The van der Waals surface area contributed by atoms with Crippen LogP contribution in [-0.2, 0) is 13.5 Å². The first-order chi connectivity index (χ1) is 9.00. The summed E-state index contributed by atoms with van der Waals surface area (Å²) in [7, 11) is 1.77. The largest absolute Gasteiger partial charge is 0.380 e. The molecule has 0 unspecified atom stereocenters. The van der Waals surface area contributed by atoms with Crippen LogP contribution in [0.15, 0.2) is 18.5 Å². The average molecular weight is 273 g/mol. The van der Waals surface area contributed by atoms with Crippen molar-refractivity contribution in [2.24, 2.45) is 7.05 Å². The maximum Gasteiger partial charge on any atom is 0.185 e. The molecule has 0 radical (unpaired) electrons. The minimum Gasteiger partial charge on any atom is -0.380 e. The smallest absolute Gasteiger partial charge is 0.185 e. The monoisotopic (exact) mass is 273 g/mol.